The van der Waals surface area contributed by atoms with Gasteiger partial charge in [-0.05, 0) is 58.6 Å². The van der Waals surface area contributed by atoms with Crippen molar-refractivity contribution in [3.05, 3.63) is 5.69 Å². The average Bonchev–Trinajstić information content (AvgIpc) is 3.12. The molecule has 0 saturated heterocycles. The van der Waals surface area contributed by atoms with Gasteiger partial charge in [0, 0.05) is 26.2 Å². The van der Waals surface area contributed by atoms with E-state index in [1.807, 2.05) is 6.92 Å². The Morgan fingerprint density at radius 2 is 1.87 bits per heavy atom. The van der Waals surface area contributed by atoms with Gasteiger partial charge in [0.1, 0.15) is 0 Å². The van der Waals surface area contributed by atoms with Crippen LogP contribution in [0, 0.1) is 6.92 Å². The summed E-state index contributed by atoms with van der Waals surface area (Å²) in [7, 11) is 0. The first-order chi connectivity index (χ1) is 15.0. The van der Waals surface area contributed by atoms with Gasteiger partial charge in [0.15, 0.2) is 5.52 Å². The fraction of sp³-hybridized carbons (Fsp3) is 0.714. The summed E-state index contributed by atoms with van der Waals surface area (Å²) in [6.07, 6.45) is 0.787. The fourth-order valence-corrected chi connectivity index (χ4v) is 4.30. The van der Waals surface area contributed by atoms with E-state index in [1.54, 1.807) is 0 Å². The number of fused-ring (bicyclic) bond motifs is 1. The molecule has 2 rings (SSSR count). The number of carbonyl (C=O) groups excluding carboxylic acids is 1. The maximum absolute atomic E-state index is 12.2. The molecule has 0 aliphatic rings. The van der Waals surface area contributed by atoms with Gasteiger partial charge < -0.3 is 20.9 Å². The molecule has 4 N–H and O–H groups in total. The summed E-state index contributed by atoms with van der Waals surface area (Å²) in [6.45, 7) is 17.2. The molecule has 0 aromatic carbocycles. The second-order valence-corrected chi connectivity index (χ2v) is 8.33. The van der Waals surface area contributed by atoms with Crippen molar-refractivity contribution in [2.75, 3.05) is 56.5 Å². The predicted octanol–water partition coefficient (Wildman–Crippen LogP) is 1.30. The third-order valence-electron chi connectivity index (χ3n) is 5.42. The van der Waals surface area contributed by atoms with E-state index in [9.17, 15) is 4.79 Å². The molecule has 0 fully saturated rings. The molecule has 174 valence electrons. The lowest BCUT2D eigenvalue weighted by Crippen LogP contribution is -2.42. The molecule has 1 amide bonds. The highest BCUT2D eigenvalue weighted by Crippen LogP contribution is 2.21. The number of imidazole rings is 1. The lowest BCUT2D eigenvalue weighted by Gasteiger charge is -2.17. The summed E-state index contributed by atoms with van der Waals surface area (Å²) >= 11 is 1.50. The number of aromatic nitrogens is 4. The minimum absolute atomic E-state index is 0.0130. The van der Waals surface area contributed by atoms with Crippen molar-refractivity contribution in [2.24, 2.45) is 5.73 Å². The number of thioether (sulfide) groups is 1. The first-order valence-corrected chi connectivity index (χ1v) is 12.3. The van der Waals surface area contributed by atoms with E-state index in [0.29, 0.717) is 18.8 Å². The van der Waals surface area contributed by atoms with Crippen molar-refractivity contribution >= 4 is 34.8 Å². The highest BCUT2D eigenvalue weighted by atomic mass is 32.2. The van der Waals surface area contributed by atoms with Gasteiger partial charge in [-0.2, -0.15) is 4.98 Å². The number of hydrogen-bond donors (Lipinski definition) is 3. The van der Waals surface area contributed by atoms with Gasteiger partial charge in [-0.3, -0.25) is 9.78 Å². The molecule has 2 aromatic rings. The van der Waals surface area contributed by atoms with Crippen LogP contribution in [0.2, 0.25) is 0 Å². The molecule has 31 heavy (non-hydrogen) atoms. The summed E-state index contributed by atoms with van der Waals surface area (Å²) in [5, 5.41) is 3.86. The van der Waals surface area contributed by atoms with Gasteiger partial charge in [-0.15, -0.1) is 0 Å². The largest absolute Gasteiger partial charge is 0.355 e. The Morgan fingerprint density at radius 3 is 2.48 bits per heavy atom. The molecule has 2 heterocycles. The van der Waals surface area contributed by atoms with Crippen LogP contribution in [0.1, 0.15) is 39.8 Å². The third kappa shape index (κ3) is 6.78. The van der Waals surface area contributed by atoms with Crippen molar-refractivity contribution < 1.29 is 9.36 Å². The third-order valence-corrected chi connectivity index (χ3v) is 6.42. The molecule has 10 heteroatoms. The summed E-state index contributed by atoms with van der Waals surface area (Å²) in [4.78, 5) is 29.9. The normalized spacial score (nSPS) is 11.5. The molecular weight excluding hydrogens is 412 g/mol. The van der Waals surface area contributed by atoms with Crippen LogP contribution < -0.4 is 20.5 Å². The topological polar surface area (TPSA) is 107 Å². The first-order valence-electron chi connectivity index (χ1n) is 11.4. The molecule has 9 nitrogen and oxygen atoms in total. The Hall–Kier alpha value is -1.91. The summed E-state index contributed by atoms with van der Waals surface area (Å²) in [5.41, 5.74) is 8.25. The van der Waals surface area contributed by atoms with Crippen molar-refractivity contribution in [1.82, 2.24) is 25.2 Å². The maximum Gasteiger partial charge on any atom is 0.308 e. The van der Waals surface area contributed by atoms with Gasteiger partial charge in [0.25, 0.3) is 5.16 Å². The van der Waals surface area contributed by atoms with Crippen molar-refractivity contribution in [3.63, 3.8) is 0 Å². The number of anilines is 1. The lowest BCUT2D eigenvalue weighted by atomic mass is 10.4. The van der Waals surface area contributed by atoms with Crippen LogP contribution in [0.25, 0.3) is 11.2 Å². The predicted molar refractivity (Wildman–Crippen MR) is 128 cm³/mol. The Kier molecular flexibility index (Phi) is 10.5. The molecule has 0 radical (unpaired) electrons. The number of carbonyl (C=O) groups is 1. The van der Waals surface area contributed by atoms with Crippen molar-refractivity contribution in [1.29, 1.82) is 0 Å². The molecule has 0 bridgehead atoms. The second-order valence-electron chi connectivity index (χ2n) is 7.37. The van der Waals surface area contributed by atoms with Gasteiger partial charge in [0.05, 0.1) is 18.0 Å². The van der Waals surface area contributed by atoms with Crippen LogP contribution in [0.5, 0.6) is 0 Å². The number of H-pyrrole nitrogens is 1. The number of rotatable bonds is 14. The Morgan fingerprint density at radius 1 is 1.16 bits per heavy atom. The van der Waals surface area contributed by atoms with E-state index >= 15 is 0 Å². The van der Waals surface area contributed by atoms with Crippen LogP contribution in [0.3, 0.4) is 0 Å². The van der Waals surface area contributed by atoms with Crippen molar-refractivity contribution in [3.8, 4) is 0 Å². The number of nitrogens with zero attached hydrogens (tertiary/aromatic N) is 5. The number of nitrogens with one attached hydrogen (secondary N) is 2. The van der Waals surface area contributed by atoms with E-state index in [1.165, 1.54) is 11.8 Å². The Labute approximate surface area is 190 Å². The number of aryl methyl sites for hydroxylation is 1. The number of hydrogen-bond acceptors (Lipinski definition) is 7. The monoisotopic (exact) mass is 451 g/mol. The highest BCUT2D eigenvalue weighted by Gasteiger charge is 2.25. The van der Waals surface area contributed by atoms with Gasteiger partial charge in [-0.25, -0.2) is 4.57 Å². The lowest BCUT2D eigenvalue weighted by molar-refractivity contribution is -0.709. The summed E-state index contributed by atoms with van der Waals surface area (Å²) in [6, 6.07) is 0. The highest BCUT2D eigenvalue weighted by molar-refractivity contribution is 7.99. The molecule has 0 aliphatic carbocycles. The molecule has 0 saturated carbocycles. The van der Waals surface area contributed by atoms with Gasteiger partial charge in [-0.1, -0.05) is 18.8 Å². The molecular formula is C21H39N8OS+. The SMILES string of the molecule is CCN(CC)CC[n+]1c(SCC(=O)NCCCN)[nH]c2c(C)nc(N(CC)CC)nc21. The van der Waals surface area contributed by atoms with Gasteiger partial charge >= 0.3 is 11.6 Å². The van der Waals surface area contributed by atoms with Crippen LogP contribution in [0.15, 0.2) is 5.16 Å². The van der Waals surface area contributed by atoms with E-state index in [-0.39, 0.29) is 5.91 Å². The smallest absolute Gasteiger partial charge is 0.308 e. The zero-order valence-electron chi connectivity index (χ0n) is 19.7. The van der Waals surface area contributed by atoms with E-state index in [2.05, 4.69) is 52.4 Å². The van der Waals surface area contributed by atoms with Crippen LogP contribution >= 0.6 is 11.8 Å². The van der Waals surface area contributed by atoms with E-state index < -0.39 is 0 Å². The van der Waals surface area contributed by atoms with E-state index in [4.69, 9.17) is 15.7 Å². The van der Waals surface area contributed by atoms with Crippen LogP contribution in [-0.2, 0) is 11.3 Å². The maximum atomic E-state index is 12.2. The number of likely N-dealkylation sites (N-methyl/N-ethyl adjacent to an activating group) is 1. The summed E-state index contributed by atoms with van der Waals surface area (Å²) < 4.78 is 2.20. The van der Waals surface area contributed by atoms with Crippen LogP contribution in [-0.4, -0.2) is 77.3 Å². The fourth-order valence-electron chi connectivity index (χ4n) is 3.42. The summed E-state index contributed by atoms with van der Waals surface area (Å²) in [5.74, 6) is 1.11. The quantitative estimate of drug-likeness (QED) is 0.226. The first kappa shape index (κ1) is 25.4. The molecule has 0 unspecified atom stereocenters. The van der Waals surface area contributed by atoms with Crippen LogP contribution in [0.4, 0.5) is 5.95 Å². The zero-order valence-corrected chi connectivity index (χ0v) is 20.5. The number of aromatic amines is 1. The Balaban J connectivity index is 2.35. The zero-order chi connectivity index (χ0) is 22.8. The Bertz CT molecular complexity index is 832. The second kappa shape index (κ2) is 12.8. The number of amides is 1. The van der Waals surface area contributed by atoms with Gasteiger partial charge in [0.2, 0.25) is 5.91 Å². The van der Waals surface area contributed by atoms with E-state index in [0.717, 1.165) is 73.7 Å². The molecule has 0 spiro atoms. The standard InChI is InChI=1S/C21H38N8OS/c1-6-27(7-2)13-14-29-19-18(16(5)24-20(26-19)28(8-3)9-4)25-21(29)31-15-17(30)23-12-10-11-22/h6-15,22H2,1-5H3,(H,23,30)/p+1. The average molecular weight is 452 g/mol. The number of nitrogens with two attached hydrogens (primary N) is 1. The minimum Gasteiger partial charge on any atom is -0.355 e. The minimum atomic E-state index is 0.0130. The molecule has 2 aromatic heterocycles. The van der Waals surface area contributed by atoms with Crippen molar-refractivity contribution in [2.45, 2.75) is 52.7 Å². The molecule has 0 aliphatic heterocycles. The molecule has 0 atom stereocenters.